The third kappa shape index (κ3) is 16.7. The minimum Gasteiger partial charge on any atom is -0.481 e. The van der Waals surface area contributed by atoms with Crippen LogP contribution in [0.5, 0.6) is 17.2 Å². The highest BCUT2D eigenvalue weighted by Crippen LogP contribution is 2.51. The number of aliphatic carboxylic acids is 1. The number of unbranched alkanes of at least 4 members (excludes halogenated alkanes) is 11. The summed E-state index contributed by atoms with van der Waals surface area (Å²) in [7, 11) is -3.97. The van der Waals surface area contributed by atoms with E-state index in [4.69, 9.17) is 18.7 Å². The van der Waals surface area contributed by atoms with E-state index in [0.717, 1.165) is 29.5 Å². The minimum absolute atomic E-state index is 0.332. The van der Waals surface area contributed by atoms with Crippen molar-refractivity contribution in [2.75, 3.05) is 0 Å². The Bertz CT molecular complexity index is 1230. The number of benzene rings is 3. The lowest BCUT2D eigenvalue weighted by molar-refractivity contribution is -0.137. The van der Waals surface area contributed by atoms with Gasteiger partial charge in [0.05, 0.1) is 0 Å². The molecule has 3 aromatic rings. The predicted octanol–water partition coefficient (Wildman–Crippen LogP) is 12.4. The number of carboxylic acids is 1. The van der Waals surface area contributed by atoms with Gasteiger partial charge >= 0.3 is 13.8 Å². The van der Waals surface area contributed by atoms with E-state index in [9.17, 15) is 9.36 Å². The Balaban J connectivity index is 0.000000334. The van der Waals surface area contributed by atoms with Gasteiger partial charge in [-0.25, -0.2) is 0 Å². The molecule has 1 N–H and O–H groups in total. The third-order valence-corrected chi connectivity index (χ3v) is 8.82. The minimum atomic E-state index is -3.97. The fraction of sp³-hybridized carbons (Fsp3) is 0.462. The van der Waals surface area contributed by atoms with Gasteiger partial charge in [0.15, 0.2) is 0 Å². The molecule has 6 nitrogen and oxygen atoms in total. The lowest BCUT2D eigenvalue weighted by Crippen LogP contribution is -2.09. The summed E-state index contributed by atoms with van der Waals surface area (Å²) in [6, 6.07) is 22.0. The van der Waals surface area contributed by atoms with E-state index in [-0.39, 0.29) is 0 Å². The van der Waals surface area contributed by atoms with Crippen molar-refractivity contribution < 1.29 is 28.0 Å². The summed E-state index contributed by atoms with van der Waals surface area (Å²) in [5.74, 6) is 0.705. The Labute approximate surface area is 277 Å². The number of rotatable bonds is 21. The number of carbonyl (C=O) groups is 1. The Morgan fingerprint density at radius 1 is 0.587 bits per heavy atom. The molecule has 0 aromatic heterocycles. The first-order valence-corrected chi connectivity index (χ1v) is 18.4. The number of carboxylic acid groups (broad SMARTS) is 1. The molecule has 0 radical (unpaired) electrons. The van der Waals surface area contributed by atoms with Gasteiger partial charge in [-0.2, -0.15) is 4.57 Å². The largest absolute Gasteiger partial charge is 0.647 e. The van der Waals surface area contributed by atoms with E-state index >= 15 is 0 Å². The topological polar surface area (TPSA) is 82.1 Å². The SMILES string of the molecule is CCCCCCCC/C=C\CCCCCCCC(=O)O.Cc1ccccc1OP(=O)(Oc1ccccc1C)Oc1ccccc1C. The van der Waals surface area contributed by atoms with Crippen LogP contribution in [-0.4, -0.2) is 11.1 Å². The van der Waals surface area contributed by atoms with Crippen LogP contribution in [0.25, 0.3) is 0 Å². The summed E-state index contributed by atoms with van der Waals surface area (Å²) in [6.07, 6.45) is 21.2. The van der Waals surface area contributed by atoms with Crippen LogP contribution in [0.1, 0.15) is 114 Å². The molecule has 0 atom stereocenters. The molecule has 0 aliphatic heterocycles. The Kier molecular flexibility index (Phi) is 19.3. The molecule has 0 spiro atoms. The number of phosphoric acid groups is 1. The van der Waals surface area contributed by atoms with Crippen LogP contribution >= 0.6 is 7.82 Å². The van der Waals surface area contributed by atoms with Crippen molar-refractivity contribution in [1.29, 1.82) is 0 Å². The molecular weight excluding hydrogens is 595 g/mol. The van der Waals surface area contributed by atoms with Crippen LogP contribution in [0.3, 0.4) is 0 Å². The fourth-order valence-electron chi connectivity index (χ4n) is 4.74. The van der Waals surface area contributed by atoms with E-state index in [1.54, 1.807) is 18.2 Å². The van der Waals surface area contributed by atoms with Crippen molar-refractivity contribution in [2.24, 2.45) is 0 Å². The van der Waals surface area contributed by atoms with Crippen LogP contribution in [-0.2, 0) is 9.36 Å². The van der Waals surface area contributed by atoms with E-state index in [0.29, 0.717) is 23.7 Å². The first-order valence-electron chi connectivity index (χ1n) is 17.0. The highest BCUT2D eigenvalue weighted by molar-refractivity contribution is 7.49. The highest BCUT2D eigenvalue weighted by Gasteiger charge is 2.34. The molecule has 3 aromatic carbocycles. The molecule has 0 bridgehead atoms. The molecule has 0 fully saturated rings. The molecule has 252 valence electrons. The number of allylic oxidation sites excluding steroid dienone is 2. The lowest BCUT2D eigenvalue weighted by Gasteiger charge is -2.21. The molecule has 0 heterocycles. The van der Waals surface area contributed by atoms with Gasteiger partial charge in [-0.05, 0) is 87.8 Å². The highest BCUT2D eigenvalue weighted by atomic mass is 31.2. The van der Waals surface area contributed by atoms with Crippen molar-refractivity contribution in [3.05, 3.63) is 102 Å². The van der Waals surface area contributed by atoms with Crippen molar-refractivity contribution in [3.63, 3.8) is 0 Å². The number of hydrogen-bond acceptors (Lipinski definition) is 5. The number of para-hydroxylation sites is 3. The molecule has 0 unspecified atom stereocenters. The summed E-state index contributed by atoms with van der Waals surface area (Å²) in [5.41, 5.74) is 2.53. The fourth-order valence-corrected chi connectivity index (χ4v) is 6.19. The molecule has 46 heavy (non-hydrogen) atoms. The van der Waals surface area contributed by atoms with Gasteiger partial charge in [-0.3, -0.25) is 4.79 Å². The van der Waals surface area contributed by atoms with E-state index in [2.05, 4.69) is 19.1 Å². The van der Waals surface area contributed by atoms with Crippen molar-refractivity contribution >= 4 is 13.8 Å². The molecule has 3 rings (SSSR count). The zero-order valence-electron chi connectivity index (χ0n) is 28.4. The summed E-state index contributed by atoms with van der Waals surface area (Å²) in [4.78, 5) is 10.3. The Morgan fingerprint density at radius 3 is 1.30 bits per heavy atom. The number of hydrogen-bond donors (Lipinski definition) is 1. The van der Waals surface area contributed by atoms with Gasteiger partial charge in [0, 0.05) is 6.42 Å². The van der Waals surface area contributed by atoms with Crippen molar-refractivity contribution in [1.82, 2.24) is 0 Å². The molecule has 0 saturated heterocycles. The average Bonchev–Trinajstić information content (AvgIpc) is 3.03. The van der Waals surface area contributed by atoms with Crippen molar-refractivity contribution in [2.45, 2.75) is 118 Å². The smallest absolute Gasteiger partial charge is 0.481 e. The van der Waals surface area contributed by atoms with Gasteiger partial charge in [-0.1, -0.05) is 125 Å². The van der Waals surface area contributed by atoms with Crippen LogP contribution in [0.15, 0.2) is 84.9 Å². The zero-order valence-corrected chi connectivity index (χ0v) is 29.3. The van der Waals surface area contributed by atoms with Gasteiger partial charge in [-0.15, -0.1) is 0 Å². The van der Waals surface area contributed by atoms with Crippen LogP contribution in [0.2, 0.25) is 0 Å². The quantitative estimate of drug-likeness (QED) is 0.0702. The maximum Gasteiger partial charge on any atom is 0.647 e. The number of phosphoric ester groups is 1. The normalized spacial score (nSPS) is 11.1. The van der Waals surface area contributed by atoms with Crippen LogP contribution in [0, 0.1) is 20.8 Å². The van der Waals surface area contributed by atoms with Crippen molar-refractivity contribution in [3.8, 4) is 17.2 Å². The number of aryl methyl sites for hydroxylation is 3. The van der Waals surface area contributed by atoms with E-state index in [1.165, 1.54) is 70.6 Å². The van der Waals surface area contributed by atoms with Gasteiger partial charge in [0.25, 0.3) is 0 Å². The zero-order chi connectivity index (χ0) is 33.5. The van der Waals surface area contributed by atoms with Crippen LogP contribution < -0.4 is 13.6 Å². The second kappa shape index (κ2) is 22.9. The molecule has 0 aliphatic rings. The maximum atomic E-state index is 13.5. The summed E-state index contributed by atoms with van der Waals surface area (Å²) < 4.78 is 30.8. The van der Waals surface area contributed by atoms with Gasteiger partial charge < -0.3 is 18.7 Å². The first-order chi connectivity index (χ1) is 22.2. The summed E-state index contributed by atoms with van der Waals surface area (Å²) >= 11 is 0. The third-order valence-electron chi connectivity index (χ3n) is 7.56. The summed E-state index contributed by atoms with van der Waals surface area (Å²) in [6.45, 7) is 7.89. The Hall–Kier alpha value is -3.50. The second-order valence-corrected chi connectivity index (χ2v) is 13.2. The average molecular weight is 651 g/mol. The molecule has 0 saturated carbocycles. The molecular formula is C39H55O6P. The standard InChI is InChI=1S/C21H21O4P.C18H34O2/c1-16-10-4-7-13-19(16)23-26(22,24-20-14-8-5-11-17(20)2)25-21-15-9-6-12-18(21)3;1-2-3-4-5-6-7-8-9-10-11-12-13-14-15-16-17-18(19)20/h4-15H,1-3H3;9-10H,2-8,11-17H2,1H3,(H,19,20)/b;10-9-. The Morgan fingerprint density at radius 2 is 0.935 bits per heavy atom. The van der Waals surface area contributed by atoms with E-state index < -0.39 is 13.8 Å². The second-order valence-electron chi connectivity index (χ2n) is 11.7. The van der Waals surface area contributed by atoms with Crippen LogP contribution in [0.4, 0.5) is 0 Å². The molecule has 7 heteroatoms. The summed E-state index contributed by atoms with van der Waals surface area (Å²) in [5, 5.41) is 8.51. The molecule has 0 aliphatic carbocycles. The van der Waals surface area contributed by atoms with Gasteiger partial charge in [0.2, 0.25) is 0 Å². The maximum absolute atomic E-state index is 13.5. The first kappa shape index (κ1) is 38.7. The molecule has 0 amide bonds. The van der Waals surface area contributed by atoms with Gasteiger partial charge in [0.1, 0.15) is 17.2 Å². The lowest BCUT2D eigenvalue weighted by atomic mass is 10.1. The monoisotopic (exact) mass is 650 g/mol. The predicted molar refractivity (Wildman–Crippen MR) is 190 cm³/mol. The van der Waals surface area contributed by atoms with E-state index in [1.807, 2.05) is 75.4 Å².